The molecule has 0 saturated heterocycles. The molecule has 16 heavy (non-hydrogen) atoms. The van der Waals surface area contributed by atoms with Gasteiger partial charge in [0, 0.05) is 16.8 Å². The molecule has 0 fully saturated rings. The lowest BCUT2D eigenvalue weighted by Crippen LogP contribution is -2.07. The molecule has 1 rings (SSSR count). The molecule has 0 bridgehead atoms. The Balaban J connectivity index is 3.16. The van der Waals surface area contributed by atoms with E-state index < -0.39 is 0 Å². The second-order valence-electron chi connectivity index (χ2n) is 4.15. The first-order valence-corrected chi connectivity index (χ1v) is 6.16. The van der Waals surface area contributed by atoms with Gasteiger partial charge >= 0.3 is 0 Å². The van der Waals surface area contributed by atoms with Crippen molar-refractivity contribution < 1.29 is 4.74 Å². The standard InChI is InChI=1S/C14H17BrO/c1-5-6-12(10(2)3)13-9-11(15)7-8-14(13)16-4/h1,7-10,12H,6H2,2-4H3. The van der Waals surface area contributed by atoms with E-state index in [1.165, 1.54) is 5.56 Å². The van der Waals surface area contributed by atoms with Crippen molar-refractivity contribution in [2.75, 3.05) is 7.11 Å². The summed E-state index contributed by atoms with van der Waals surface area (Å²) >= 11 is 3.49. The molecular weight excluding hydrogens is 264 g/mol. The lowest BCUT2D eigenvalue weighted by molar-refractivity contribution is 0.395. The molecule has 0 saturated carbocycles. The molecule has 0 radical (unpaired) electrons. The Hall–Kier alpha value is -0.940. The van der Waals surface area contributed by atoms with Gasteiger partial charge in [-0.1, -0.05) is 29.8 Å². The van der Waals surface area contributed by atoms with Crippen LogP contribution in [-0.2, 0) is 0 Å². The van der Waals surface area contributed by atoms with Gasteiger partial charge in [0.05, 0.1) is 7.11 Å². The van der Waals surface area contributed by atoms with Crippen LogP contribution in [0, 0.1) is 18.3 Å². The zero-order valence-electron chi connectivity index (χ0n) is 9.96. The minimum absolute atomic E-state index is 0.345. The first-order chi connectivity index (χ1) is 7.60. The van der Waals surface area contributed by atoms with Gasteiger partial charge in [0.25, 0.3) is 0 Å². The molecule has 0 aliphatic heterocycles. The van der Waals surface area contributed by atoms with Gasteiger partial charge in [-0.3, -0.25) is 0 Å². The molecule has 1 aromatic carbocycles. The van der Waals surface area contributed by atoms with E-state index in [1.807, 2.05) is 12.1 Å². The van der Waals surface area contributed by atoms with Crippen LogP contribution < -0.4 is 4.74 Å². The smallest absolute Gasteiger partial charge is 0.122 e. The maximum Gasteiger partial charge on any atom is 0.122 e. The van der Waals surface area contributed by atoms with E-state index in [0.717, 1.165) is 16.6 Å². The van der Waals surface area contributed by atoms with E-state index in [1.54, 1.807) is 7.11 Å². The summed E-state index contributed by atoms with van der Waals surface area (Å²) in [5.74, 6) is 4.51. The first-order valence-electron chi connectivity index (χ1n) is 5.37. The summed E-state index contributed by atoms with van der Waals surface area (Å²) in [4.78, 5) is 0. The third kappa shape index (κ3) is 3.02. The maximum absolute atomic E-state index is 5.43. The average Bonchev–Trinajstić information content (AvgIpc) is 2.25. The molecule has 0 aliphatic rings. The van der Waals surface area contributed by atoms with Gasteiger partial charge in [-0.2, -0.15) is 0 Å². The summed E-state index contributed by atoms with van der Waals surface area (Å²) < 4.78 is 6.45. The van der Waals surface area contributed by atoms with Gasteiger partial charge < -0.3 is 4.74 Å². The number of halogens is 1. The van der Waals surface area contributed by atoms with E-state index in [-0.39, 0.29) is 0 Å². The second-order valence-corrected chi connectivity index (χ2v) is 5.06. The van der Waals surface area contributed by atoms with Crippen LogP contribution in [-0.4, -0.2) is 7.11 Å². The quantitative estimate of drug-likeness (QED) is 0.751. The summed E-state index contributed by atoms with van der Waals surface area (Å²) in [6, 6.07) is 6.06. The Morgan fingerprint density at radius 2 is 2.12 bits per heavy atom. The largest absolute Gasteiger partial charge is 0.496 e. The summed E-state index contributed by atoms with van der Waals surface area (Å²) in [5, 5.41) is 0. The summed E-state index contributed by atoms with van der Waals surface area (Å²) in [6.45, 7) is 4.37. The van der Waals surface area contributed by atoms with Crippen LogP contribution in [0.2, 0.25) is 0 Å². The predicted molar refractivity (Wildman–Crippen MR) is 71.7 cm³/mol. The van der Waals surface area contributed by atoms with Crippen molar-refractivity contribution in [2.45, 2.75) is 26.2 Å². The molecule has 2 heteroatoms. The van der Waals surface area contributed by atoms with Gasteiger partial charge in [-0.15, -0.1) is 12.3 Å². The lowest BCUT2D eigenvalue weighted by atomic mass is 9.85. The zero-order chi connectivity index (χ0) is 12.1. The Bertz CT molecular complexity index is 390. The third-order valence-corrected chi connectivity index (χ3v) is 3.23. The van der Waals surface area contributed by atoms with E-state index >= 15 is 0 Å². The third-order valence-electron chi connectivity index (χ3n) is 2.73. The van der Waals surface area contributed by atoms with Crippen LogP contribution in [0.25, 0.3) is 0 Å². The summed E-state index contributed by atoms with van der Waals surface area (Å²) in [6.07, 6.45) is 6.17. The minimum atomic E-state index is 0.345. The van der Waals surface area contributed by atoms with Gasteiger partial charge in [-0.05, 0) is 29.7 Å². The molecule has 0 spiro atoms. The highest BCUT2D eigenvalue weighted by Crippen LogP contribution is 2.35. The van der Waals surface area contributed by atoms with Crippen molar-refractivity contribution in [3.05, 3.63) is 28.2 Å². The second kappa shape index (κ2) is 5.96. The number of rotatable bonds is 4. The number of benzene rings is 1. The average molecular weight is 281 g/mol. The molecule has 0 N–H and O–H groups in total. The zero-order valence-corrected chi connectivity index (χ0v) is 11.5. The maximum atomic E-state index is 5.43. The molecule has 1 atom stereocenters. The monoisotopic (exact) mass is 280 g/mol. The summed E-state index contributed by atoms with van der Waals surface area (Å²) in [5.41, 5.74) is 1.19. The number of ether oxygens (including phenoxy) is 1. The highest BCUT2D eigenvalue weighted by molar-refractivity contribution is 9.10. The fourth-order valence-electron chi connectivity index (χ4n) is 1.83. The molecule has 0 aliphatic carbocycles. The molecule has 1 unspecified atom stereocenters. The van der Waals surface area contributed by atoms with Gasteiger partial charge in [0.2, 0.25) is 0 Å². The van der Waals surface area contributed by atoms with Crippen LogP contribution >= 0.6 is 15.9 Å². The van der Waals surface area contributed by atoms with Crippen molar-refractivity contribution in [1.82, 2.24) is 0 Å². The van der Waals surface area contributed by atoms with Gasteiger partial charge in [-0.25, -0.2) is 0 Å². The number of methoxy groups -OCH3 is 1. The SMILES string of the molecule is C#CCC(c1cc(Br)ccc1OC)C(C)C. The molecule has 1 nitrogen and oxygen atoms in total. The van der Waals surface area contributed by atoms with Crippen LogP contribution in [0.5, 0.6) is 5.75 Å². The molecule has 86 valence electrons. The van der Waals surface area contributed by atoms with Crippen molar-refractivity contribution in [3.63, 3.8) is 0 Å². The number of hydrogen-bond acceptors (Lipinski definition) is 1. The van der Waals surface area contributed by atoms with Crippen LogP contribution in [0.4, 0.5) is 0 Å². The van der Waals surface area contributed by atoms with Gasteiger partial charge in [0.15, 0.2) is 0 Å². The lowest BCUT2D eigenvalue weighted by Gasteiger charge is -2.21. The van der Waals surface area contributed by atoms with E-state index in [2.05, 4.69) is 41.8 Å². The minimum Gasteiger partial charge on any atom is -0.496 e. The van der Waals surface area contributed by atoms with Crippen molar-refractivity contribution in [1.29, 1.82) is 0 Å². The predicted octanol–water partition coefficient (Wildman–Crippen LogP) is 4.22. The first kappa shape index (κ1) is 13.1. The Kier molecular flexibility index (Phi) is 4.89. The fourth-order valence-corrected chi connectivity index (χ4v) is 2.21. The molecule has 0 amide bonds. The van der Waals surface area contributed by atoms with Crippen LogP contribution in [0.15, 0.2) is 22.7 Å². The van der Waals surface area contributed by atoms with Crippen molar-refractivity contribution in [2.24, 2.45) is 5.92 Å². The topological polar surface area (TPSA) is 9.23 Å². The number of terminal acetylenes is 1. The Labute approximate surface area is 106 Å². The number of hydrogen-bond donors (Lipinski definition) is 0. The van der Waals surface area contributed by atoms with Gasteiger partial charge in [0.1, 0.15) is 5.75 Å². The highest BCUT2D eigenvalue weighted by atomic mass is 79.9. The van der Waals surface area contributed by atoms with Crippen molar-refractivity contribution in [3.8, 4) is 18.1 Å². The Morgan fingerprint density at radius 3 is 2.62 bits per heavy atom. The molecule has 1 aromatic rings. The normalized spacial score (nSPS) is 12.2. The molecule has 0 aromatic heterocycles. The van der Waals surface area contributed by atoms with E-state index in [9.17, 15) is 0 Å². The van der Waals surface area contributed by atoms with E-state index in [4.69, 9.17) is 11.2 Å². The van der Waals surface area contributed by atoms with Crippen LogP contribution in [0.1, 0.15) is 31.7 Å². The molecule has 0 heterocycles. The summed E-state index contributed by atoms with van der Waals surface area (Å²) in [7, 11) is 1.69. The fraction of sp³-hybridized carbons (Fsp3) is 0.429. The van der Waals surface area contributed by atoms with E-state index in [0.29, 0.717) is 11.8 Å². The molecular formula is C14H17BrO. The van der Waals surface area contributed by atoms with Crippen LogP contribution in [0.3, 0.4) is 0 Å². The highest BCUT2D eigenvalue weighted by Gasteiger charge is 2.19. The Morgan fingerprint density at radius 1 is 1.44 bits per heavy atom. The van der Waals surface area contributed by atoms with Crippen molar-refractivity contribution >= 4 is 15.9 Å².